The Morgan fingerprint density at radius 3 is 2.59 bits per heavy atom. The van der Waals surface area contributed by atoms with E-state index in [9.17, 15) is 14.0 Å². The zero-order chi connectivity index (χ0) is 13.0. The van der Waals surface area contributed by atoms with Crippen LogP contribution in [-0.2, 0) is 4.79 Å². The Balaban J connectivity index is 2.65. The predicted molar refractivity (Wildman–Crippen MR) is 60.7 cm³/mol. The van der Waals surface area contributed by atoms with Crippen LogP contribution in [0, 0.1) is 5.82 Å². The highest BCUT2D eigenvalue weighted by atomic mass is 35.5. The van der Waals surface area contributed by atoms with Gasteiger partial charge in [-0.1, -0.05) is 11.6 Å². The number of urea groups is 1. The molecule has 0 radical (unpaired) electrons. The lowest BCUT2D eigenvalue weighted by atomic mass is 10.3. The highest BCUT2D eigenvalue weighted by Crippen LogP contribution is 2.17. The van der Waals surface area contributed by atoms with E-state index in [1.165, 1.54) is 13.0 Å². The molecule has 1 atom stereocenters. The Morgan fingerprint density at radius 2 is 2.06 bits per heavy atom. The zero-order valence-corrected chi connectivity index (χ0v) is 9.58. The molecule has 0 aliphatic heterocycles. The summed E-state index contributed by atoms with van der Waals surface area (Å²) in [7, 11) is 0. The van der Waals surface area contributed by atoms with Crippen molar-refractivity contribution in [1.82, 2.24) is 5.32 Å². The molecule has 2 amide bonds. The fraction of sp³-hybridized carbons (Fsp3) is 0.200. The number of carboxylic acids is 1. The summed E-state index contributed by atoms with van der Waals surface area (Å²) >= 11 is 5.58. The fourth-order valence-corrected chi connectivity index (χ4v) is 1.27. The van der Waals surface area contributed by atoms with Gasteiger partial charge in [0.1, 0.15) is 11.9 Å². The van der Waals surface area contributed by atoms with Crippen LogP contribution in [0.5, 0.6) is 0 Å². The largest absolute Gasteiger partial charge is 0.480 e. The highest BCUT2D eigenvalue weighted by Gasteiger charge is 2.13. The van der Waals surface area contributed by atoms with Crippen LogP contribution in [0.3, 0.4) is 0 Å². The number of halogens is 2. The number of amides is 2. The Bertz CT molecular complexity index is 433. The average Bonchev–Trinajstić information content (AvgIpc) is 2.14. The van der Waals surface area contributed by atoms with E-state index in [1.807, 2.05) is 0 Å². The van der Waals surface area contributed by atoms with Crippen molar-refractivity contribution in [2.45, 2.75) is 13.0 Å². The van der Waals surface area contributed by atoms with Crippen LogP contribution >= 0.6 is 11.6 Å². The molecule has 0 aromatic heterocycles. The smallest absolute Gasteiger partial charge is 0.325 e. The first kappa shape index (κ1) is 13.2. The van der Waals surface area contributed by atoms with E-state index in [0.717, 1.165) is 12.1 Å². The van der Waals surface area contributed by atoms with Crippen molar-refractivity contribution in [2.75, 3.05) is 5.32 Å². The molecule has 0 heterocycles. The van der Waals surface area contributed by atoms with Gasteiger partial charge in [0.2, 0.25) is 0 Å². The molecule has 1 aromatic carbocycles. The van der Waals surface area contributed by atoms with Crippen molar-refractivity contribution in [2.24, 2.45) is 0 Å². The molecule has 5 nitrogen and oxygen atoms in total. The fourth-order valence-electron chi connectivity index (χ4n) is 1.05. The number of carboxylic acid groups (broad SMARTS) is 1. The summed E-state index contributed by atoms with van der Waals surface area (Å²) < 4.78 is 12.9. The number of hydrogen-bond acceptors (Lipinski definition) is 2. The normalized spacial score (nSPS) is 11.7. The van der Waals surface area contributed by atoms with Crippen molar-refractivity contribution < 1.29 is 19.1 Å². The molecule has 3 N–H and O–H groups in total. The van der Waals surface area contributed by atoms with E-state index in [4.69, 9.17) is 16.7 Å². The lowest BCUT2D eigenvalue weighted by Crippen LogP contribution is -2.40. The first-order valence-electron chi connectivity index (χ1n) is 4.65. The molecule has 17 heavy (non-hydrogen) atoms. The van der Waals surface area contributed by atoms with Gasteiger partial charge in [0.05, 0.1) is 0 Å². The van der Waals surface area contributed by atoms with E-state index >= 15 is 0 Å². The van der Waals surface area contributed by atoms with E-state index in [1.54, 1.807) is 0 Å². The molecule has 0 saturated carbocycles. The number of rotatable bonds is 3. The van der Waals surface area contributed by atoms with Gasteiger partial charge in [-0.15, -0.1) is 0 Å². The number of anilines is 1. The number of carbonyl (C=O) groups excluding carboxylic acids is 1. The van der Waals surface area contributed by atoms with Gasteiger partial charge in [-0.3, -0.25) is 4.79 Å². The number of nitrogens with one attached hydrogen (secondary N) is 2. The van der Waals surface area contributed by atoms with E-state index in [2.05, 4.69) is 10.6 Å². The van der Waals surface area contributed by atoms with Crippen LogP contribution in [-0.4, -0.2) is 23.1 Å². The second-order valence-electron chi connectivity index (χ2n) is 3.32. The summed E-state index contributed by atoms with van der Waals surface area (Å²) in [5, 5.41) is 13.1. The van der Waals surface area contributed by atoms with E-state index in [-0.39, 0.29) is 10.7 Å². The first-order chi connectivity index (χ1) is 7.88. The Morgan fingerprint density at radius 1 is 1.41 bits per heavy atom. The number of carbonyl (C=O) groups is 2. The molecule has 92 valence electrons. The molecule has 0 bridgehead atoms. The minimum Gasteiger partial charge on any atom is -0.480 e. The standard InChI is InChI=1S/C10H10ClFN2O3/c1-5(9(15)16)13-10(17)14-8-3-6(11)2-7(12)4-8/h2-5H,1H3,(H,15,16)(H2,13,14,17)/t5-/m1/s1. The molecular formula is C10H10ClFN2O3. The molecule has 0 unspecified atom stereocenters. The quantitative estimate of drug-likeness (QED) is 0.778. The van der Waals surface area contributed by atoms with Crippen molar-refractivity contribution in [1.29, 1.82) is 0 Å². The minimum absolute atomic E-state index is 0.131. The average molecular weight is 261 g/mol. The van der Waals surface area contributed by atoms with Crippen LogP contribution in [0.4, 0.5) is 14.9 Å². The van der Waals surface area contributed by atoms with Gasteiger partial charge in [-0.25, -0.2) is 9.18 Å². The maximum atomic E-state index is 12.9. The Hall–Kier alpha value is -1.82. The van der Waals surface area contributed by atoms with Gasteiger partial charge in [-0.2, -0.15) is 0 Å². The molecule has 1 rings (SSSR count). The van der Waals surface area contributed by atoms with Crippen molar-refractivity contribution in [3.8, 4) is 0 Å². The summed E-state index contributed by atoms with van der Waals surface area (Å²) in [6.07, 6.45) is 0. The Labute approximate surface area is 102 Å². The first-order valence-corrected chi connectivity index (χ1v) is 5.02. The van der Waals surface area contributed by atoms with Crippen molar-refractivity contribution in [3.05, 3.63) is 29.0 Å². The molecule has 0 fully saturated rings. The number of hydrogen-bond donors (Lipinski definition) is 3. The van der Waals surface area contributed by atoms with Gasteiger partial charge in [-0.05, 0) is 25.1 Å². The van der Waals surface area contributed by atoms with Gasteiger partial charge in [0.15, 0.2) is 0 Å². The molecule has 7 heteroatoms. The summed E-state index contributed by atoms with van der Waals surface area (Å²) in [6.45, 7) is 1.31. The third-order valence-corrected chi connectivity index (χ3v) is 2.06. The predicted octanol–water partition coefficient (Wildman–Crippen LogP) is 2.07. The molecule has 0 aliphatic carbocycles. The third kappa shape index (κ3) is 4.28. The monoisotopic (exact) mass is 260 g/mol. The number of benzene rings is 1. The second-order valence-corrected chi connectivity index (χ2v) is 3.75. The highest BCUT2D eigenvalue weighted by molar-refractivity contribution is 6.30. The van der Waals surface area contributed by atoms with Crippen LogP contribution in [0.15, 0.2) is 18.2 Å². The van der Waals surface area contributed by atoms with Crippen molar-refractivity contribution in [3.63, 3.8) is 0 Å². The van der Waals surface area contributed by atoms with E-state index in [0.29, 0.717) is 0 Å². The lowest BCUT2D eigenvalue weighted by Gasteiger charge is -2.10. The molecular weight excluding hydrogens is 251 g/mol. The maximum absolute atomic E-state index is 12.9. The summed E-state index contributed by atoms with van der Waals surface area (Å²) in [5.41, 5.74) is 0.144. The SMILES string of the molecule is C[C@@H](NC(=O)Nc1cc(F)cc(Cl)c1)C(=O)O. The maximum Gasteiger partial charge on any atom is 0.325 e. The second kappa shape index (κ2) is 5.49. The Kier molecular flexibility index (Phi) is 4.28. The zero-order valence-electron chi connectivity index (χ0n) is 8.83. The van der Waals surface area contributed by atoms with E-state index < -0.39 is 23.9 Å². The molecule has 1 aromatic rings. The summed E-state index contributed by atoms with van der Waals surface area (Å²) in [5.74, 6) is -1.77. The third-order valence-electron chi connectivity index (χ3n) is 1.84. The number of aliphatic carboxylic acids is 1. The van der Waals surface area contributed by atoms with Gasteiger partial charge >= 0.3 is 12.0 Å². The molecule has 0 aliphatic rings. The van der Waals surface area contributed by atoms with Crippen LogP contribution in [0.25, 0.3) is 0 Å². The molecule has 0 saturated heterocycles. The lowest BCUT2D eigenvalue weighted by molar-refractivity contribution is -0.138. The van der Waals surface area contributed by atoms with Crippen LogP contribution in [0.1, 0.15) is 6.92 Å². The van der Waals surface area contributed by atoms with Gasteiger partial charge < -0.3 is 15.7 Å². The van der Waals surface area contributed by atoms with Gasteiger partial charge in [0.25, 0.3) is 0 Å². The summed E-state index contributed by atoms with van der Waals surface area (Å²) in [4.78, 5) is 21.8. The van der Waals surface area contributed by atoms with Crippen molar-refractivity contribution >= 4 is 29.3 Å². The minimum atomic E-state index is -1.17. The topological polar surface area (TPSA) is 78.4 Å². The molecule has 0 spiro atoms. The van der Waals surface area contributed by atoms with Crippen LogP contribution in [0.2, 0.25) is 5.02 Å². The van der Waals surface area contributed by atoms with Crippen LogP contribution < -0.4 is 10.6 Å². The van der Waals surface area contributed by atoms with Gasteiger partial charge in [0, 0.05) is 10.7 Å². The summed E-state index contributed by atoms with van der Waals surface area (Å²) in [6, 6.07) is 1.71.